The molecule has 2 aromatic rings. The SMILES string of the molecule is CC(C)OC(=O)N1c2ccc(C(F)(F)F)cc2[C@H](N(Cc2cc(C(F)(F)F)cc(C(F)(F)F)c2)S(C)(=O)=O)C[C@@H]1C1CC1. The molecule has 0 spiro atoms. The van der Waals surface area contributed by atoms with Crippen molar-refractivity contribution in [2.24, 2.45) is 5.92 Å². The first-order chi connectivity index (χ1) is 19.6. The summed E-state index contributed by atoms with van der Waals surface area (Å²) < 4.78 is 155. The number of benzene rings is 2. The minimum absolute atomic E-state index is 0.0968. The van der Waals surface area contributed by atoms with Crippen LogP contribution >= 0.6 is 0 Å². The number of halogens is 9. The minimum Gasteiger partial charge on any atom is -0.446 e. The van der Waals surface area contributed by atoms with Gasteiger partial charge in [0.2, 0.25) is 10.0 Å². The quantitative estimate of drug-likeness (QED) is 0.301. The molecule has 238 valence electrons. The molecule has 43 heavy (non-hydrogen) atoms. The van der Waals surface area contributed by atoms with Crippen molar-refractivity contribution >= 4 is 21.8 Å². The van der Waals surface area contributed by atoms with Crippen molar-refractivity contribution < 1.29 is 57.5 Å². The number of ether oxygens (including phenoxy) is 1. The highest BCUT2D eigenvalue weighted by molar-refractivity contribution is 7.88. The van der Waals surface area contributed by atoms with Crippen LogP contribution < -0.4 is 4.90 Å². The fourth-order valence-corrected chi connectivity index (χ4v) is 6.30. The van der Waals surface area contributed by atoms with E-state index in [-0.39, 0.29) is 29.7 Å². The first-order valence-electron chi connectivity index (χ1n) is 13.0. The van der Waals surface area contributed by atoms with Crippen LogP contribution in [0.5, 0.6) is 0 Å². The zero-order valence-corrected chi connectivity index (χ0v) is 23.8. The van der Waals surface area contributed by atoms with E-state index in [0.29, 0.717) is 47.7 Å². The predicted molar refractivity (Wildman–Crippen MR) is 136 cm³/mol. The number of fused-ring (bicyclic) bond motifs is 1. The van der Waals surface area contributed by atoms with Crippen molar-refractivity contribution in [2.45, 2.75) is 76.4 Å². The van der Waals surface area contributed by atoms with Crippen LogP contribution in [0.25, 0.3) is 0 Å². The van der Waals surface area contributed by atoms with Gasteiger partial charge in [0.15, 0.2) is 0 Å². The average molecular weight is 647 g/mol. The Morgan fingerprint density at radius 2 is 1.44 bits per heavy atom. The van der Waals surface area contributed by atoms with E-state index in [2.05, 4.69) is 0 Å². The number of carbonyl (C=O) groups is 1. The number of hydrogen-bond donors (Lipinski definition) is 0. The molecule has 0 radical (unpaired) electrons. The summed E-state index contributed by atoms with van der Waals surface area (Å²) in [4.78, 5) is 14.3. The monoisotopic (exact) mass is 646 g/mol. The van der Waals surface area contributed by atoms with Crippen molar-refractivity contribution in [3.05, 3.63) is 64.2 Å². The molecule has 2 aliphatic rings. The lowest BCUT2D eigenvalue weighted by molar-refractivity contribution is -0.143. The summed E-state index contributed by atoms with van der Waals surface area (Å²) >= 11 is 0. The van der Waals surface area contributed by atoms with E-state index in [0.717, 1.165) is 11.0 Å². The zero-order chi connectivity index (χ0) is 32.3. The van der Waals surface area contributed by atoms with Gasteiger partial charge in [0.25, 0.3) is 0 Å². The number of nitrogens with zero attached hydrogens (tertiary/aromatic N) is 2. The molecule has 0 N–H and O–H groups in total. The third kappa shape index (κ3) is 7.39. The summed E-state index contributed by atoms with van der Waals surface area (Å²) in [6.07, 6.45) is -15.2. The molecule has 0 bridgehead atoms. The molecule has 0 aromatic heterocycles. The highest BCUT2D eigenvalue weighted by Gasteiger charge is 2.48. The molecule has 1 aliphatic heterocycles. The molecule has 4 rings (SSSR count). The van der Waals surface area contributed by atoms with Crippen molar-refractivity contribution in [1.82, 2.24) is 4.31 Å². The van der Waals surface area contributed by atoms with Gasteiger partial charge in [-0.15, -0.1) is 0 Å². The van der Waals surface area contributed by atoms with Crippen LogP contribution in [0.3, 0.4) is 0 Å². The highest BCUT2D eigenvalue weighted by Crippen LogP contribution is 2.50. The second-order valence-electron chi connectivity index (χ2n) is 11.0. The Morgan fingerprint density at radius 3 is 1.88 bits per heavy atom. The average Bonchev–Trinajstić information content (AvgIpc) is 3.68. The van der Waals surface area contributed by atoms with Gasteiger partial charge in [-0.2, -0.15) is 43.8 Å². The van der Waals surface area contributed by atoms with Crippen LogP contribution in [-0.4, -0.2) is 37.2 Å². The Balaban J connectivity index is 1.91. The largest absolute Gasteiger partial charge is 0.446 e. The van der Waals surface area contributed by atoms with E-state index >= 15 is 0 Å². The summed E-state index contributed by atoms with van der Waals surface area (Å²) in [6, 6.07) is 0.733. The molecular formula is C27H27F9N2O4S. The Kier molecular flexibility index (Phi) is 8.54. The lowest BCUT2D eigenvalue weighted by Gasteiger charge is -2.44. The second-order valence-corrected chi connectivity index (χ2v) is 12.9. The number of anilines is 1. The fraction of sp³-hybridized carbons (Fsp3) is 0.519. The van der Waals surface area contributed by atoms with Gasteiger partial charge in [0.1, 0.15) is 0 Å². The number of sulfonamides is 1. The van der Waals surface area contributed by atoms with E-state index in [1.807, 2.05) is 0 Å². The number of alkyl halides is 9. The third-order valence-electron chi connectivity index (χ3n) is 7.23. The summed E-state index contributed by atoms with van der Waals surface area (Å²) in [5.41, 5.74) is -5.60. The maximum atomic E-state index is 13.8. The molecule has 1 aliphatic carbocycles. The fourth-order valence-electron chi connectivity index (χ4n) is 5.26. The van der Waals surface area contributed by atoms with Crippen molar-refractivity contribution in [1.29, 1.82) is 0 Å². The molecule has 2 atom stereocenters. The Morgan fingerprint density at radius 1 is 0.907 bits per heavy atom. The van der Waals surface area contributed by atoms with Crippen LogP contribution in [0.15, 0.2) is 36.4 Å². The van der Waals surface area contributed by atoms with E-state index < -0.39 is 81.6 Å². The van der Waals surface area contributed by atoms with E-state index in [1.54, 1.807) is 13.8 Å². The number of carbonyl (C=O) groups excluding carboxylic acids is 1. The maximum Gasteiger partial charge on any atom is 0.416 e. The van der Waals surface area contributed by atoms with Crippen molar-refractivity contribution in [3.8, 4) is 0 Å². The van der Waals surface area contributed by atoms with Gasteiger partial charge < -0.3 is 4.74 Å². The molecule has 1 heterocycles. The molecule has 1 amide bonds. The van der Waals surface area contributed by atoms with Crippen LogP contribution in [0.2, 0.25) is 0 Å². The Hall–Kier alpha value is -3.01. The van der Waals surface area contributed by atoms with Gasteiger partial charge in [-0.3, -0.25) is 4.90 Å². The molecule has 0 unspecified atom stereocenters. The Bertz CT molecular complexity index is 1450. The van der Waals surface area contributed by atoms with Gasteiger partial charge in [0, 0.05) is 12.6 Å². The van der Waals surface area contributed by atoms with E-state index in [9.17, 15) is 52.7 Å². The smallest absolute Gasteiger partial charge is 0.416 e. The van der Waals surface area contributed by atoms with Crippen LogP contribution in [0.1, 0.15) is 67.0 Å². The first-order valence-corrected chi connectivity index (χ1v) is 14.9. The Labute approximate surface area is 241 Å². The maximum absolute atomic E-state index is 13.8. The molecule has 1 saturated carbocycles. The number of amides is 1. The van der Waals surface area contributed by atoms with Crippen molar-refractivity contribution in [2.75, 3.05) is 11.2 Å². The lowest BCUT2D eigenvalue weighted by Crippen LogP contribution is -2.50. The summed E-state index contributed by atoms with van der Waals surface area (Å²) in [5.74, 6) is -0.190. The summed E-state index contributed by atoms with van der Waals surface area (Å²) in [7, 11) is -4.48. The van der Waals surface area contributed by atoms with E-state index in [1.165, 1.54) is 0 Å². The molecular weight excluding hydrogens is 619 g/mol. The van der Waals surface area contributed by atoms with Gasteiger partial charge >= 0.3 is 24.6 Å². The van der Waals surface area contributed by atoms with E-state index in [4.69, 9.17) is 4.74 Å². The highest BCUT2D eigenvalue weighted by atomic mass is 32.2. The zero-order valence-electron chi connectivity index (χ0n) is 22.9. The molecule has 16 heteroatoms. The van der Waals surface area contributed by atoms with Gasteiger partial charge in [-0.25, -0.2) is 13.2 Å². The first kappa shape index (κ1) is 32.9. The topological polar surface area (TPSA) is 66.9 Å². The summed E-state index contributed by atoms with van der Waals surface area (Å²) in [6.45, 7) is 2.10. The van der Waals surface area contributed by atoms with Crippen LogP contribution in [0.4, 0.5) is 50.0 Å². The standard InChI is InChI=1S/C27H27F9N2O4S/c1-14(2)42-24(39)38-21-7-6-17(25(28,29)30)11-20(21)23(12-22(38)16-4-5-16)37(43(3,40)41)13-15-8-18(26(31,32)33)10-19(9-15)27(34,35)36/h6-11,14,16,22-23H,4-5,12-13H2,1-3H3/t22-,23-/m1/s1. The molecule has 6 nitrogen and oxygen atoms in total. The van der Waals surface area contributed by atoms with Crippen molar-refractivity contribution in [3.63, 3.8) is 0 Å². The van der Waals surface area contributed by atoms with Gasteiger partial charge in [-0.05, 0) is 86.6 Å². The van der Waals surface area contributed by atoms with Gasteiger partial charge in [-0.1, -0.05) is 0 Å². The molecule has 0 saturated heterocycles. The molecule has 2 aromatic carbocycles. The number of hydrogen-bond acceptors (Lipinski definition) is 4. The van der Waals surface area contributed by atoms with Crippen LogP contribution in [-0.2, 0) is 39.8 Å². The predicted octanol–water partition coefficient (Wildman–Crippen LogP) is 7.78. The van der Waals surface area contributed by atoms with Gasteiger partial charge in [0.05, 0.1) is 40.8 Å². The lowest BCUT2D eigenvalue weighted by atomic mass is 9.87. The van der Waals surface area contributed by atoms with Crippen LogP contribution in [0, 0.1) is 5.92 Å². The summed E-state index contributed by atoms with van der Waals surface area (Å²) in [5, 5.41) is 0. The minimum atomic E-state index is -5.21. The second kappa shape index (κ2) is 11.2. The third-order valence-corrected chi connectivity index (χ3v) is 8.46. The normalized spacial score (nSPS) is 20.0. The molecule has 1 fully saturated rings. The number of rotatable bonds is 6.